The number of amides is 1. The molecule has 2 aromatic heterocycles. The van der Waals surface area contributed by atoms with Crippen LogP contribution in [-0.2, 0) is 18.3 Å². The van der Waals surface area contributed by atoms with Gasteiger partial charge in [0, 0.05) is 41.9 Å². The number of nitrogens with one attached hydrogen (secondary N) is 1. The Balaban J connectivity index is 1.50. The van der Waals surface area contributed by atoms with Gasteiger partial charge in [-0.2, -0.15) is 5.10 Å². The summed E-state index contributed by atoms with van der Waals surface area (Å²) in [7, 11) is 1.90. The van der Waals surface area contributed by atoms with Gasteiger partial charge >= 0.3 is 0 Å². The minimum absolute atomic E-state index is 0.0905. The molecular formula is C21H24N4OS. The van der Waals surface area contributed by atoms with Gasteiger partial charge in [-0.15, -0.1) is 11.3 Å². The molecule has 1 amide bonds. The number of hydrogen-bond acceptors (Lipinski definition) is 4. The van der Waals surface area contributed by atoms with Crippen LogP contribution in [0.2, 0.25) is 0 Å². The average Bonchev–Trinajstić information content (AvgIpc) is 3.18. The van der Waals surface area contributed by atoms with Gasteiger partial charge in [0.25, 0.3) is 0 Å². The fourth-order valence-electron chi connectivity index (χ4n) is 2.92. The molecule has 0 radical (unpaired) electrons. The van der Waals surface area contributed by atoms with Crippen molar-refractivity contribution >= 4 is 23.3 Å². The van der Waals surface area contributed by atoms with Gasteiger partial charge in [0.1, 0.15) is 0 Å². The molecule has 0 saturated carbocycles. The number of thiazole rings is 1. The predicted octanol–water partition coefficient (Wildman–Crippen LogP) is 3.84. The maximum absolute atomic E-state index is 12.0. The van der Waals surface area contributed by atoms with Gasteiger partial charge < -0.3 is 5.32 Å². The Morgan fingerprint density at radius 3 is 2.56 bits per heavy atom. The summed E-state index contributed by atoms with van der Waals surface area (Å²) in [5.74, 6) is -0.0905. The van der Waals surface area contributed by atoms with E-state index in [1.165, 1.54) is 5.56 Å². The lowest BCUT2D eigenvalue weighted by atomic mass is 10.1. The molecule has 0 atom stereocenters. The Hall–Kier alpha value is -2.73. The molecular weight excluding hydrogens is 356 g/mol. The minimum atomic E-state index is -0.0905. The normalized spacial score (nSPS) is 11.3. The molecule has 0 aliphatic heterocycles. The molecule has 0 bridgehead atoms. The van der Waals surface area contributed by atoms with Gasteiger partial charge in [-0.05, 0) is 38.8 Å². The van der Waals surface area contributed by atoms with E-state index in [4.69, 9.17) is 0 Å². The molecule has 1 N–H and O–H groups in total. The summed E-state index contributed by atoms with van der Waals surface area (Å²) in [5, 5.41) is 10.4. The van der Waals surface area contributed by atoms with Crippen LogP contribution >= 0.6 is 11.3 Å². The number of carbonyl (C=O) groups excluding carboxylic acids is 1. The van der Waals surface area contributed by atoms with E-state index in [9.17, 15) is 4.79 Å². The fraction of sp³-hybridized carbons (Fsp3) is 0.286. The van der Waals surface area contributed by atoms with Crippen LogP contribution in [0, 0.1) is 20.8 Å². The number of benzene rings is 1. The smallest absolute Gasteiger partial charge is 0.244 e. The van der Waals surface area contributed by atoms with Crippen LogP contribution in [0.4, 0.5) is 0 Å². The molecule has 5 nitrogen and oxygen atoms in total. The Bertz CT molecular complexity index is 967. The number of rotatable bonds is 6. The largest absolute Gasteiger partial charge is 0.352 e. The van der Waals surface area contributed by atoms with Gasteiger partial charge in [0.05, 0.1) is 16.4 Å². The third-order valence-corrected chi connectivity index (χ3v) is 5.32. The van der Waals surface area contributed by atoms with Crippen molar-refractivity contribution in [1.82, 2.24) is 20.1 Å². The molecule has 6 heteroatoms. The summed E-state index contributed by atoms with van der Waals surface area (Å²) in [4.78, 5) is 16.5. The number of aryl methyl sites for hydroxylation is 3. The highest BCUT2D eigenvalue weighted by Gasteiger charge is 2.06. The molecule has 1 aromatic carbocycles. The van der Waals surface area contributed by atoms with Crippen LogP contribution in [0.25, 0.3) is 17.3 Å². The second kappa shape index (κ2) is 8.31. The van der Waals surface area contributed by atoms with Crippen molar-refractivity contribution in [2.45, 2.75) is 27.2 Å². The number of hydrogen-bond donors (Lipinski definition) is 1. The molecule has 0 aliphatic rings. The first-order chi connectivity index (χ1) is 12.9. The minimum Gasteiger partial charge on any atom is -0.352 e. The van der Waals surface area contributed by atoms with Crippen LogP contribution in [0.1, 0.15) is 27.5 Å². The van der Waals surface area contributed by atoms with Crippen LogP contribution in [0.15, 0.2) is 35.7 Å². The summed E-state index contributed by atoms with van der Waals surface area (Å²) < 4.78 is 1.82. The summed E-state index contributed by atoms with van der Waals surface area (Å²) in [6.45, 7) is 6.55. The maximum atomic E-state index is 12.0. The topological polar surface area (TPSA) is 59.8 Å². The summed E-state index contributed by atoms with van der Waals surface area (Å²) in [5.41, 5.74) is 6.30. The molecule has 0 spiro atoms. The van der Waals surface area contributed by atoms with Gasteiger partial charge in [0.15, 0.2) is 0 Å². The molecule has 0 aliphatic carbocycles. The summed E-state index contributed by atoms with van der Waals surface area (Å²) in [6.07, 6.45) is 4.20. The maximum Gasteiger partial charge on any atom is 0.244 e. The summed E-state index contributed by atoms with van der Waals surface area (Å²) in [6, 6.07) is 8.35. The number of carbonyl (C=O) groups is 1. The zero-order valence-electron chi connectivity index (χ0n) is 16.1. The molecule has 3 rings (SSSR count). The van der Waals surface area contributed by atoms with E-state index in [1.807, 2.05) is 38.6 Å². The molecule has 140 valence electrons. The van der Waals surface area contributed by atoms with E-state index in [-0.39, 0.29) is 5.91 Å². The molecule has 3 aromatic rings. The van der Waals surface area contributed by atoms with Crippen molar-refractivity contribution in [2.24, 2.45) is 7.05 Å². The van der Waals surface area contributed by atoms with Crippen molar-refractivity contribution in [2.75, 3.05) is 6.54 Å². The highest BCUT2D eigenvalue weighted by molar-refractivity contribution is 7.09. The quantitative estimate of drug-likeness (QED) is 0.661. The van der Waals surface area contributed by atoms with E-state index in [2.05, 4.69) is 45.0 Å². The molecule has 2 heterocycles. The van der Waals surface area contributed by atoms with E-state index < -0.39 is 0 Å². The third kappa shape index (κ3) is 4.71. The van der Waals surface area contributed by atoms with E-state index in [0.717, 1.165) is 39.6 Å². The second-order valence-corrected chi connectivity index (χ2v) is 7.59. The van der Waals surface area contributed by atoms with E-state index in [0.29, 0.717) is 6.54 Å². The van der Waals surface area contributed by atoms with Crippen LogP contribution in [0.3, 0.4) is 0 Å². The molecule has 0 fully saturated rings. The van der Waals surface area contributed by atoms with E-state index in [1.54, 1.807) is 17.4 Å². The first kappa shape index (κ1) is 19.0. The highest BCUT2D eigenvalue weighted by Crippen LogP contribution is 2.21. The highest BCUT2D eigenvalue weighted by atomic mass is 32.1. The van der Waals surface area contributed by atoms with E-state index >= 15 is 0 Å². The molecule has 0 unspecified atom stereocenters. The number of nitrogens with zero attached hydrogens (tertiary/aromatic N) is 3. The Kier molecular flexibility index (Phi) is 5.86. The SMILES string of the molecule is Cc1nc(-c2ccc(CCNC(=O)/C=C/c3c(C)nn(C)c3C)cc2)cs1. The van der Waals surface area contributed by atoms with Gasteiger partial charge in [-0.1, -0.05) is 24.3 Å². The van der Waals surface area contributed by atoms with Crippen molar-refractivity contribution in [3.63, 3.8) is 0 Å². The Labute approximate surface area is 163 Å². The standard InChI is InChI=1S/C21H24N4OS/c1-14-19(15(2)25(4)24-14)9-10-21(26)22-12-11-17-5-7-18(8-6-17)20-13-27-16(3)23-20/h5-10,13H,11-12H2,1-4H3,(H,22,26)/b10-9+. The molecule has 0 saturated heterocycles. The van der Waals surface area contributed by atoms with Crippen molar-refractivity contribution < 1.29 is 4.79 Å². The Morgan fingerprint density at radius 1 is 1.22 bits per heavy atom. The lowest BCUT2D eigenvalue weighted by molar-refractivity contribution is -0.116. The van der Waals surface area contributed by atoms with Gasteiger partial charge in [0.2, 0.25) is 5.91 Å². The Morgan fingerprint density at radius 2 is 1.96 bits per heavy atom. The average molecular weight is 381 g/mol. The summed E-state index contributed by atoms with van der Waals surface area (Å²) >= 11 is 1.66. The van der Waals surface area contributed by atoms with Crippen LogP contribution < -0.4 is 5.32 Å². The number of aromatic nitrogens is 3. The van der Waals surface area contributed by atoms with Gasteiger partial charge in [-0.25, -0.2) is 4.98 Å². The van der Waals surface area contributed by atoms with Gasteiger partial charge in [-0.3, -0.25) is 9.48 Å². The zero-order chi connectivity index (χ0) is 19.4. The van der Waals surface area contributed by atoms with Crippen LogP contribution in [0.5, 0.6) is 0 Å². The predicted molar refractivity (Wildman–Crippen MR) is 111 cm³/mol. The third-order valence-electron chi connectivity index (χ3n) is 4.55. The lowest BCUT2D eigenvalue weighted by Gasteiger charge is -2.04. The van der Waals surface area contributed by atoms with Crippen molar-refractivity contribution in [3.8, 4) is 11.3 Å². The van der Waals surface area contributed by atoms with Crippen LogP contribution in [-0.4, -0.2) is 27.2 Å². The zero-order valence-corrected chi connectivity index (χ0v) is 16.9. The molecule has 27 heavy (non-hydrogen) atoms. The fourth-order valence-corrected chi connectivity index (χ4v) is 3.54. The van der Waals surface area contributed by atoms with Crippen molar-refractivity contribution in [1.29, 1.82) is 0 Å². The van der Waals surface area contributed by atoms with Crippen molar-refractivity contribution in [3.05, 3.63) is 63.2 Å². The monoisotopic (exact) mass is 380 g/mol. The first-order valence-corrected chi connectivity index (χ1v) is 9.79. The second-order valence-electron chi connectivity index (χ2n) is 6.53. The first-order valence-electron chi connectivity index (χ1n) is 8.91. The lowest BCUT2D eigenvalue weighted by Crippen LogP contribution is -2.23.